The molecule has 2 aromatic carbocycles. The van der Waals surface area contributed by atoms with Gasteiger partial charge >= 0.3 is 6.03 Å². The van der Waals surface area contributed by atoms with Gasteiger partial charge in [0.05, 0.1) is 12.2 Å². The van der Waals surface area contributed by atoms with Gasteiger partial charge in [0.1, 0.15) is 6.04 Å². The first-order chi connectivity index (χ1) is 15.9. The molecule has 0 saturated carbocycles. The number of amides is 4. The molecule has 3 aromatic rings. The van der Waals surface area contributed by atoms with E-state index in [2.05, 4.69) is 10.6 Å². The lowest BCUT2D eigenvalue weighted by Gasteiger charge is -2.18. The second-order valence-corrected chi connectivity index (χ2v) is 8.37. The van der Waals surface area contributed by atoms with E-state index in [9.17, 15) is 14.4 Å². The quantitative estimate of drug-likeness (QED) is 0.499. The van der Waals surface area contributed by atoms with Gasteiger partial charge in [-0.1, -0.05) is 60.1 Å². The van der Waals surface area contributed by atoms with Crippen molar-refractivity contribution in [2.45, 2.75) is 32.0 Å². The smallest absolute Gasteiger partial charge is 0.322 e. The number of urea groups is 1. The fourth-order valence-corrected chi connectivity index (χ4v) is 3.96. The maximum atomic E-state index is 12.7. The molecule has 1 aliphatic heterocycles. The van der Waals surface area contributed by atoms with Crippen molar-refractivity contribution in [2.24, 2.45) is 0 Å². The van der Waals surface area contributed by atoms with Crippen LogP contribution in [-0.4, -0.2) is 45.6 Å². The Morgan fingerprint density at radius 2 is 1.82 bits per heavy atom. The van der Waals surface area contributed by atoms with E-state index in [0.29, 0.717) is 18.1 Å². The molecule has 9 heteroatoms. The molecule has 1 atom stereocenters. The Balaban J connectivity index is 1.50. The number of aromatic nitrogens is 2. The normalized spacial score (nSPS) is 15.3. The van der Waals surface area contributed by atoms with Gasteiger partial charge in [0.25, 0.3) is 5.91 Å². The van der Waals surface area contributed by atoms with Crippen molar-refractivity contribution < 1.29 is 14.4 Å². The number of nitrogens with zero attached hydrogens (tertiary/aromatic N) is 3. The first kappa shape index (κ1) is 22.5. The van der Waals surface area contributed by atoms with Gasteiger partial charge in [-0.2, -0.15) is 5.10 Å². The summed E-state index contributed by atoms with van der Waals surface area (Å²) in [5.74, 6) is -0.524. The van der Waals surface area contributed by atoms with E-state index in [4.69, 9.17) is 16.7 Å². The van der Waals surface area contributed by atoms with Crippen LogP contribution in [0.5, 0.6) is 0 Å². The van der Waals surface area contributed by atoms with Crippen LogP contribution in [0, 0.1) is 0 Å². The molecule has 2 N–H and O–H groups in total. The monoisotopic (exact) mass is 465 g/mol. The lowest BCUT2D eigenvalue weighted by Crippen LogP contribution is -2.32. The Hall–Kier alpha value is -3.65. The van der Waals surface area contributed by atoms with Gasteiger partial charge in [-0.3, -0.25) is 19.6 Å². The van der Waals surface area contributed by atoms with Crippen LogP contribution in [0.15, 0.2) is 60.8 Å². The first-order valence-corrected chi connectivity index (χ1v) is 11.0. The second-order valence-electron chi connectivity index (χ2n) is 7.96. The highest BCUT2D eigenvalue weighted by Crippen LogP contribution is 2.25. The summed E-state index contributed by atoms with van der Waals surface area (Å²) < 4.78 is 1.83. The average Bonchev–Trinajstić information content (AvgIpc) is 3.35. The summed E-state index contributed by atoms with van der Waals surface area (Å²) in [6, 6.07) is 16.2. The molecule has 1 aromatic heterocycles. The van der Waals surface area contributed by atoms with Crippen molar-refractivity contribution in [3.63, 3.8) is 0 Å². The Kier molecular flexibility index (Phi) is 6.74. The van der Waals surface area contributed by atoms with Crippen LogP contribution < -0.4 is 10.6 Å². The van der Waals surface area contributed by atoms with E-state index in [1.807, 2.05) is 65.5 Å². The Morgan fingerprint density at radius 3 is 2.52 bits per heavy atom. The van der Waals surface area contributed by atoms with E-state index in [1.165, 1.54) is 0 Å². The SMILES string of the molecule is CN(Cc1cn(Cc2ccccc2Cl)nc1-c1ccccc1)C(=O)CC[C@H]1NC(=O)NC1=O. The number of nitrogens with one attached hydrogen (secondary N) is 2. The summed E-state index contributed by atoms with van der Waals surface area (Å²) in [5, 5.41) is 10.1. The minimum absolute atomic E-state index is 0.123. The number of imide groups is 1. The van der Waals surface area contributed by atoms with Gasteiger partial charge in [0.2, 0.25) is 5.91 Å². The summed E-state index contributed by atoms with van der Waals surface area (Å²) >= 11 is 6.32. The number of carbonyl (C=O) groups excluding carboxylic acids is 3. The minimum Gasteiger partial charge on any atom is -0.341 e. The van der Waals surface area contributed by atoms with E-state index >= 15 is 0 Å². The molecule has 0 unspecified atom stereocenters. The molecular formula is C24H24ClN5O3. The van der Waals surface area contributed by atoms with Crippen LogP contribution in [0.4, 0.5) is 4.79 Å². The zero-order valence-electron chi connectivity index (χ0n) is 18.1. The first-order valence-electron chi connectivity index (χ1n) is 10.6. The highest BCUT2D eigenvalue weighted by Gasteiger charge is 2.30. The molecule has 4 amide bonds. The maximum Gasteiger partial charge on any atom is 0.322 e. The second kappa shape index (κ2) is 9.87. The van der Waals surface area contributed by atoms with Crippen LogP contribution in [0.3, 0.4) is 0 Å². The minimum atomic E-state index is -0.673. The van der Waals surface area contributed by atoms with Crippen LogP contribution in [0.2, 0.25) is 5.02 Å². The molecular weight excluding hydrogens is 442 g/mol. The van der Waals surface area contributed by atoms with Gasteiger partial charge < -0.3 is 10.2 Å². The highest BCUT2D eigenvalue weighted by molar-refractivity contribution is 6.31. The summed E-state index contributed by atoms with van der Waals surface area (Å²) in [6.45, 7) is 0.864. The maximum absolute atomic E-state index is 12.7. The van der Waals surface area contributed by atoms with Crippen molar-refractivity contribution in [1.29, 1.82) is 0 Å². The predicted molar refractivity (Wildman–Crippen MR) is 124 cm³/mol. The Morgan fingerprint density at radius 1 is 1.09 bits per heavy atom. The number of halogens is 1. The third kappa shape index (κ3) is 5.40. The molecule has 0 spiro atoms. The lowest BCUT2D eigenvalue weighted by atomic mass is 10.1. The molecule has 8 nitrogen and oxygen atoms in total. The Bertz CT molecular complexity index is 1180. The molecule has 4 rings (SSSR count). The fourth-order valence-electron chi connectivity index (χ4n) is 3.76. The van der Waals surface area contributed by atoms with Gasteiger partial charge in [-0.05, 0) is 18.1 Å². The van der Waals surface area contributed by atoms with Gasteiger partial charge in [0, 0.05) is 42.4 Å². The lowest BCUT2D eigenvalue weighted by molar-refractivity contribution is -0.130. The van der Waals surface area contributed by atoms with Gasteiger partial charge in [-0.25, -0.2) is 4.79 Å². The predicted octanol–water partition coefficient (Wildman–Crippen LogP) is 3.20. The van der Waals surface area contributed by atoms with Crippen LogP contribution in [-0.2, 0) is 22.7 Å². The van der Waals surface area contributed by atoms with E-state index in [-0.39, 0.29) is 18.7 Å². The molecule has 1 fully saturated rings. The van der Waals surface area contributed by atoms with Gasteiger partial charge in [0.15, 0.2) is 0 Å². The van der Waals surface area contributed by atoms with Crippen molar-refractivity contribution in [1.82, 2.24) is 25.3 Å². The standard InChI is InChI=1S/C24H24ClN5O3/c1-29(21(31)12-11-20-23(32)27-24(33)26-20)13-18-15-30(14-17-9-5-6-10-19(17)25)28-22(18)16-7-3-2-4-8-16/h2-10,15,20H,11-14H2,1H3,(H2,26,27,32,33)/t20-/m1/s1. The highest BCUT2D eigenvalue weighted by atomic mass is 35.5. The van der Waals surface area contributed by atoms with Crippen molar-refractivity contribution in [3.8, 4) is 11.3 Å². The number of rotatable bonds is 8. The molecule has 1 aliphatic rings. The van der Waals surface area contributed by atoms with Crippen LogP contribution in [0.25, 0.3) is 11.3 Å². The third-order valence-corrected chi connectivity index (χ3v) is 5.88. The van der Waals surface area contributed by atoms with Crippen molar-refractivity contribution >= 4 is 29.4 Å². The van der Waals surface area contributed by atoms with E-state index in [1.54, 1.807) is 11.9 Å². The molecule has 33 heavy (non-hydrogen) atoms. The summed E-state index contributed by atoms with van der Waals surface area (Å²) in [5.41, 5.74) is 3.60. The fraction of sp³-hybridized carbons (Fsp3) is 0.250. The number of hydrogen-bond donors (Lipinski definition) is 2. The number of carbonyl (C=O) groups is 3. The zero-order chi connectivity index (χ0) is 23.4. The zero-order valence-corrected chi connectivity index (χ0v) is 18.9. The van der Waals surface area contributed by atoms with Crippen molar-refractivity contribution in [3.05, 3.63) is 76.9 Å². The van der Waals surface area contributed by atoms with E-state index in [0.717, 1.165) is 22.4 Å². The number of benzene rings is 2. The molecule has 0 bridgehead atoms. The molecule has 170 valence electrons. The third-order valence-electron chi connectivity index (χ3n) is 5.51. The molecule has 0 radical (unpaired) electrons. The summed E-state index contributed by atoms with van der Waals surface area (Å²) in [7, 11) is 1.72. The van der Waals surface area contributed by atoms with Gasteiger partial charge in [-0.15, -0.1) is 0 Å². The summed E-state index contributed by atoms with van der Waals surface area (Å²) in [6.07, 6.45) is 2.32. The Labute approximate surface area is 196 Å². The average molecular weight is 466 g/mol. The van der Waals surface area contributed by atoms with Crippen molar-refractivity contribution in [2.75, 3.05) is 7.05 Å². The largest absolute Gasteiger partial charge is 0.341 e. The van der Waals surface area contributed by atoms with E-state index < -0.39 is 18.0 Å². The topological polar surface area (TPSA) is 96.3 Å². The van der Waals surface area contributed by atoms with Crippen LogP contribution in [0.1, 0.15) is 24.0 Å². The molecule has 0 aliphatic carbocycles. The van der Waals surface area contributed by atoms with Crippen LogP contribution >= 0.6 is 11.6 Å². The number of hydrogen-bond acceptors (Lipinski definition) is 4. The summed E-state index contributed by atoms with van der Waals surface area (Å²) in [4.78, 5) is 37.3. The molecule has 1 saturated heterocycles. The molecule has 2 heterocycles.